The van der Waals surface area contributed by atoms with Crippen LogP contribution in [0.25, 0.3) is 111 Å². The molecule has 4 aromatic heterocycles. The van der Waals surface area contributed by atoms with Crippen molar-refractivity contribution < 1.29 is 0 Å². The number of nitrogens with one attached hydrogen (secondary N) is 1. The van der Waals surface area contributed by atoms with Crippen LogP contribution in [0, 0.1) is 34.6 Å². The van der Waals surface area contributed by atoms with E-state index in [-0.39, 0.29) is 0 Å². The van der Waals surface area contributed by atoms with Gasteiger partial charge in [-0.1, -0.05) is 109 Å². The minimum Gasteiger partial charge on any atom is -0.354 e. The number of hydrogen-bond acceptors (Lipinski definition) is 2. The summed E-state index contributed by atoms with van der Waals surface area (Å²) in [6.45, 7) is 11.1. The van der Waals surface area contributed by atoms with Gasteiger partial charge in [-0.25, -0.2) is 9.97 Å². The Balaban J connectivity index is 1.17. The lowest BCUT2D eigenvalue weighted by Crippen LogP contribution is -1.99. The molecule has 0 amide bonds. The largest absolute Gasteiger partial charge is 0.354 e. The van der Waals surface area contributed by atoms with Crippen molar-refractivity contribution in [2.75, 3.05) is 0 Å². The Morgan fingerprint density at radius 2 is 1.12 bits per heavy atom. The molecule has 0 saturated carbocycles. The lowest BCUT2D eigenvalue weighted by atomic mass is 9.88. The number of nitrogens with zero attached hydrogens (tertiary/aromatic N) is 4. The van der Waals surface area contributed by atoms with Gasteiger partial charge in [-0.2, -0.15) is 0 Å². The van der Waals surface area contributed by atoms with Crippen LogP contribution in [0.5, 0.6) is 0 Å². The standard InChI is InChI=1S/C59H45N5/c1-35-29-30-60-53(31-35)64-51-33-40(27-28-46(51)56-48(55-38(4)17-12-18-39(55)5)32-41(34-52(56)64)54-36(2)15-11-16-37(54)3)43-22-14-26-50-58(43)62-59(63(50)42-19-7-6-8-20-42)47-24-13-23-45-44-21-9-10-25-49(44)61-57(45)47/h6-34,61H,1-5H3. The highest BCUT2D eigenvalue weighted by Gasteiger charge is 2.24. The van der Waals surface area contributed by atoms with E-state index in [1.54, 1.807) is 0 Å². The van der Waals surface area contributed by atoms with E-state index in [0.717, 1.165) is 72.7 Å². The number of pyridine rings is 1. The van der Waals surface area contributed by atoms with Gasteiger partial charge in [0, 0.05) is 50.1 Å². The molecular formula is C59H45N5. The second-order valence-corrected chi connectivity index (χ2v) is 17.4. The van der Waals surface area contributed by atoms with Crippen LogP contribution in [0.15, 0.2) is 176 Å². The maximum absolute atomic E-state index is 5.63. The molecular weight excluding hydrogens is 779 g/mol. The maximum Gasteiger partial charge on any atom is 0.147 e. The fourth-order valence-electron chi connectivity index (χ4n) is 10.5. The van der Waals surface area contributed by atoms with Crippen LogP contribution in [0.3, 0.4) is 0 Å². The molecule has 12 rings (SSSR count). The van der Waals surface area contributed by atoms with Crippen LogP contribution < -0.4 is 0 Å². The SMILES string of the molecule is Cc1ccnc(-n2c3cc(-c4cccc5c4nc(-c4cccc6c4[nH]c4ccccc46)n5-c4ccccc4)ccc3c3c(-c4c(C)cccc4C)cc(-c4c(C)cccc4C)cc32)c1. The number of H-pyrrole nitrogens is 1. The van der Waals surface area contributed by atoms with Crippen LogP contribution in [-0.2, 0) is 0 Å². The molecule has 0 spiro atoms. The molecule has 64 heavy (non-hydrogen) atoms. The first kappa shape index (κ1) is 37.7. The molecule has 0 atom stereocenters. The maximum atomic E-state index is 5.63. The van der Waals surface area contributed by atoms with Gasteiger partial charge in [-0.3, -0.25) is 9.13 Å². The third-order valence-electron chi connectivity index (χ3n) is 13.3. The summed E-state index contributed by atoms with van der Waals surface area (Å²) in [6.07, 6.45) is 1.93. The van der Waals surface area contributed by atoms with Gasteiger partial charge in [-0.05, 0) is 151 Å². The molecule has 8 aromatic carbocycles. The number of hydrogen-bond donors (Lipinski definition) is 1. The van der Waals surface area contributed by atoms with Crippen LogP contribution >= 0.6 is 0 Å². The molecule has 0 aliphatic heterocycles. The number of aryl methyl sites for hydroxylation is 5. The summed E-state index contributed by atoms with van der Waals surface area (Å²) in [5.41, 5.74) is 21.8. The van der Waals surface area contributed by atoms with E-state index >= 15 is 0 Å². The molecule has 0 aliphatic carbocycles. The smallest absolute Gasteiger partial charge is 0.147 e. The van der Waals surface area contributed by atoms with Crippen molar-refractivity contribution in [2.24, 2.45) is 0 Å². The van der Waals surface area contributed by atoms with Gasteiger partial charge in [0.2, 0.25) is 0 Å². The molecule has 5 heteroatoms. The van der Waals surface area contributed by atoms with Crippen molar-refractivity contribution in [1.82, 2.24) is 24.1 Å². The zero-order chi connectivity index (χ0) is 43.2. The summed E-state index contributed by atoms with van der Waals surface area (Å²) < 4.78 is 4.71. The average molecular weight is 824 g/mol. The van der Waals surface area contributed by atoms with E-state index in [1.165, 1.54) is 66.1 Å². The topological polar surface area (TPSA) is 51.4 Å². The number of rotatable bonds is 6. The normalized spacial score (nSPS) is 11.8. The van der Waals surface area contributed by atoms with Crippen LogP contribution in [-0.4, -0.2) is 24.1 Å². The third kappa shape index (κ3) is 5.77. The van der Waals surface area contributed by atoms with Gasteiger partial charge in [-0.15, -0.1) is 0 Å². The molecule has 12 aromatic rings. The summed E-state index contributed by atoms with van der Waals surface area (Å²) in [5, 5.41) is 4.79. The summed E-state index contributed by atoms with van der Waals surface area (Å²) in [7, 11) is 0. The Hall–Kier alpha value is -8.02. The molecule has 0 saturated heterocycles. The monoisotopic (exact) mass is 823 g/mol. The van der Waals surface area contributed by atoms with Gasteiger partial charge < -0.3 is 4.98 Å². The highest BCUT2D eigenvalue weighted by molar-refractivity contribution is 6.18. The lowest BCUT2D eigenvalue weighted by molar-refractivity contribution is 1.07. The van der Waals surface area contributed by atoms with Crippen LogP contribution in [0.4, 0.5) is 0 Å². The predicted octanol–water partition coefficient (Wildman–Crippen LogP) is 15.4. The van der Waals surface area contributed by atoms with Gasteiger partial charge >= 0.3 is 0 Å². The Labute approximate surface area is 371 Å². The number of fused-ring (bicyclic) bond motifs is 7. The zero-order valence-corrected chi connectivity index (χ0v) is 36.5. The van der Waals surface area contributed by atoms with Crippen molar-refractivity contribution in [1.29, 1.82) is 0 Å². The molecule has 0 aliphatic rings. The fraction of sp³-hybridized carbons (Fsp3) is 0.0847. The molecule has 5 nitrogen and oxygen atoms in total. The van der Waals surface area contributed by atoms with Crippen LogP contribution in [0.2, 0.25) is 0 Å². The highest BCUT2D eigenvalue weighted by Crippen LogP contribution is 2.46. The second kappa shape index (κ2) is 14.5. The molecule has 0 radical (unpaired) electrons. The first-order chi connectivity index (χ1) is 31.3. The number of aromatic nitrogens is 5. The summed E-state index contributed by atoms with van der Waals surface area (Å²) in [4.78, 5) is 14.5. The molecule has 0 unspecified atom stereocenters. The van der Waals surface area contributed by atoms with E-state index in [0.29, 0.717) is 0 Å². The molecule has 1 N–H and O–H groups in total. The highest BCUT2D eigenvalue weighted by atomic mass is 15.1. The quantitative estimate of drug-likeness (QED) is 0.182. The van der Waals surface area contributed by atoms with Gasteiger partial charge in [0.05, 0.1) is 27.6 Å². The minimum atomic E-state index is 0.891. The summed E-state index contributed by atoms with van der Waals surface area (Å²) in [5.74, 6) is 1.78. The number of imidazole rings is 1. The second-order valence-electron chi connectivity index (χ2n) is 17.4. The first-order valence-electron chi connectivity index (χ1n) is 22.1. The van der Waals surface area contributed by atoms with Crippen molar-refractivity contribution in [3.8, 4) is 56.3 Å². The van der Waals surface area contributed by atoms with Crippen molar-refractivity contribution in [3.63, 3.8) is 0 Å². The van der Waals surface area contributed by atoms with Gasteiger partial charge in [0.15, 0.2) is 0 Å². The third-order valence-corrected chi connectivity index (χ3v) is 13.3. The zero-order valence-electron chi connectivity index (χ0n) is 36.5. The number of benzene rings is 8. The Kier molecular flexibility index (Phi) is 8.57. The molecule has 0 bridgehead atoms. The summed E-state index contributed by atoms with van der Waals surface area (Å²) in [6, 6.07) is 61.6. The average Bonchev–Trinajstić information content (AvgIpc) is 3.99. The van der Waals surface area contributed by atoms with Gasteiger partial charge in [0.25, 0.3) is 0 Å². The van der Waals surface area contributed by atoms with E-state index in [2.05, 4.69) is 219 Å². The fourth-order valence-corrected chi connectivity index (χ4v) is 10.5. The Morgan fingerprint density at radius 3 is 1.91 bits per heavy atom. The van der Waals surface area contributed by atoms with E-state index < -0.39 is 0 Å². The van der Waals surface area contributed by atoms with E-state index in [4.69, 9.17) is 9.97 Å². The van der Waals surface area contributed by atoms with E-state index in [1.807, 2.05) is 6.20 Å². The molecule has 4 heterocycles. The number of para-hydroxylation sites is 4. The van der Waals surface area contributed by atoms with E-state index in [9.17, 15) is 0 Å². The number of aromatic amines is 1. The van der Waals surface area contributed by atoms with Crippen molar-refractivity contribution in [2.45, 2.75) is 34.6 Å². The Morgan fingerprint density at radius 1 is 0.453 bits per heavy atom. The molecule has 306 valence electrons. The minimum absolute atomic E-state index is 0.891. The van der Waals surface area contributed by atoms with Crippen molar-refractivity contribution in [3.05, 3.63) is 204 Å². The molecule has 0 fully saturated rings. The Bertz CT molecular complexity index is 3800. The van der Waals surface area contributed by atoms with Crippen LogP contribution in [0.1, 0.15) is 27.8 Å². The van der Waals surface area contributed by atoms with Gasteiger partial charge in [0.1, 0.15) is 11.6 Å². The lowest BCUT2D eigenvalue weighted by Gasteiger charge is -2.17. The van der Waals surface area contributed by atoms with Crippen molar-refractivity contribution >= 4 is 54.6 Å². The summed E-state index contributed by atoms with van der Waals surface area (Å²) >= 11 is 0. The first-order valence-corrected chi connectivity index (χ1v) is 22.1. The predicted molar refractivity (Wildman–Crippen MR) is 268 cm³/mol.